The largest absolute Gasteiger partial charge is 0.463 e. The summed E-state index contributed by atoms with van der Waals surface area (Å²) in [5.74, 6) is 0.179. The molecule has 1 aromatic heterocycles. The first kappa shape index (κ1) is 25.5. The Morgan fingerprint density at radius 3 is 2.52 bits per heavy atom. The number of rotatable bonds is 10. The molecule has 1 atom stereocenters. The molecular formula is C20H34N4O5S2. The van der Waals surface area contributed by atoms with Crippen LogP contribution >= 0.6 is 11.3 Å². The van der Waals surface area contributed by atoms with Crippen molar-refractivity contribution in [2.45, 2.75) is 76.2 Å². The van der Waals surface area contributed by atoms with Crippen LogP contribution in [-0.2, 0) is 19.6 Å². The number of thiazole rings is 1. The molecule has 0 bridgehead atoms. The van der Waals surface area contributed by atoms with E-state index < -0.39 is 28.2 Å². The van der Waals surface area contributed by atoms with Crippen LogP contribution in [0.3, 0.4) is 0 Å². The molecule has 1 unspecified atom stereocenters. The van der Waals surface area contributed by atoms with Crippen molar-refractivity contribution in [3.63, 3.8) is 0 Å². The third kappa shape index (κ3) is 7.73. The summed E-state index contributed by atoms with van der Waals surface area (Å²) in [4.78, 5) is 31.1. The van der Waals surface area contributed by atoms with E-state index in [1.807, 2.05) is 0 Å². The molecule has 2 amide bonds. The molecular weight excluding hydrogens is 440 g/mol. The van der Waals surface area contributed by atoms with Crippen molar-refractivity contribution in [3.05, 3.63) is 11.7 Å². The highest BCUT2D eigenvalue weighted by molar-refractivity contribution is 7.91. The number of hydrogen-bond donors (Lipinski definition) is 2. The van der Waals surface area contributed by atoms with Gasteiger partial charge in [0, 0.05) is 12.6 Å². The molecule has 0 aromatic carbocycles. The monoisotopic (exact) mass is 474 g/mol. The van der Waals surface area contributed by atoms with Crippen molar-refractivity contribution in [1.82, 2.24) is 19.9 Å². The summed E-state index contributed by atoms with van der Waals surface area (Å²) in [6.45, 7) is 8.60. The van der Waals surface area contributed by atoms with Gasteiger partial charge in [-0.3, -0.25) is 4.98 Å². The van der Waals surface area contributed by atoms with Gasteiger partial charge in [-0.2, -0.15) is 4.72 Å². The molecule has 0 spiro atoms. The van der Waals surface area contributed by atoms with Crippen molar-refractivity contribution in [3.8, 4) is 0 Å². The van der Waals surface area contributed by atoms with Gasteiger partial charge in [-0.25, -0.2) is 18.0 Å². The van der Waals surface area contributed by atoms with E-state index in [0.717, 1.165) is 43.4 Å². The minimum atomic E-state index is -4.04. The summed E-state index contributed by atoms with van der Waals surface area (Å²) >= 11 is 0.920. The van der Waals surface area contributed by atoms with E-state index in [1.54, 1.807) is 11.8 Å². The van der Waals surface area contributed by atoms with Gasteiger partial charge in [0.1, 0.15) is 0 Å². The molecule has 0 aliphatic heterocycles. The normalized spacial score (nSPS) is 20.3. The molecule has 1 aliphatic rings. The maximum Gasteiger partial charge on any atom is 0.344 e. The second kappa shape index (κ2) is 11.8. The Bertz CT molecular complexity index is 806. The van der Waals surface area contributed by atoms with Gasteiger partial charge < -0.3 is 15.0 Å². The SMILES string of the molecule is CCOC(=O)C(NC(=O)N(CCC(C)C)C1CCC(C)CC1)NS(=O)(=O)c1cncs1. The van der Waals surface area contributed by atoms with Gasteiger partial charge in [-0.1, -0.05) is 20.8 Å². The number of carbonyl (C=O) groups excluding carboxylic acids is 2. The average molecular weight is 475 g/mol. The third-order valence-electron chi connectivity index (χ3n) is 5.37. The summed E-state index contributed by atoms with van der Waals surface area (Å²) in [5, 5.41) is 2.56. The summed E-state index contributed by atoms with van der Waals surface area (Å²) < 4.78 is 32.4. The van der Waals surface area contributed by atoms with Gasteiger partial charge >= 0.3 is 12.0 Å². The first-order valence-electron chi connectivity index (χ1n) is 10.8. The summed E-state index contributed by atoms with van der Waals surface area (Å²) in [5.41, 5.74) is 1.38. The van der Waals surface area contributed by atoms with Gasteiger partial charge in [-0.15, -0.1) is 11.3 Å². The predicted octanol–water partition coefficient (Wildman–Crippen LogP) is 2.95. The van der Waals surface area contributed by atoms with Crippen LogP contribution in [0.2, 0.25) is 0 Å². The van der Waals surface area contributed by atoms with E-state index >= 15 is 0 Å². The van der Waals surface area contributed by atoms with Crippen LogP contribution in [-0.4, -0.2) is 55.7 Å². The lowest BCUT2D eigenvalue weighted by Gasteiger charge is -2.37. The Balaban J connectivity index is 2.18. The van der Waals surface area contributed by atoms with Crippen LogP contribution in [0.1, 0.15) is 59.8 Å². The number of nitrogens with one attached hydrogen (secondary N) is 2. The number of sulfonamides is 1. The van der Waals surface area contributed by atoms with E-state index in [0.29, 0.717) is 18.4 Å². The van der Waals surface area contributed by atoms with Gasteiger partial charge in [0.05, 0.1) is 18.3 Å². The summed E-state index contributed by atoms with van der Waals surface area (Å²) in [6, 6.07) is -0.402. The molecule has 0 saturated heterocycles. The number of urea groups is 1. The van der Waals surface area contributed by atoms with Gasteiger partial charge in [0.2, 0.25) is 0 Å². The maximum absolute atomic E-state index is 13.2. The Morgan fingerprint density at radius 1 is 1.29 bits per heavy atom. The lowest BCUT2D eigenvalue weighted by molar-refractivity contribution is -0.145. The first-order chi connectivity index (χ1) is 14.6. The third-order valence-corrected chi connectivity index (χ3v) is 8.06. The van der Waals surface area contributed by atoms with Crippen LogP contribution in [0.4, 0.5) is 4.79 Å². The lowest BCUT2D eigenvalue weighted by Crippen LogP contribution is -2.58. The number of aromatic nitrogens is 1. The zero-order valence-electron chi connectivity index (χ0n) is 18.7. The zero-order valence-corrected chi connectivity index (χ0v) is 20.3. The molecule has 1 aliphatic carbocycles. The standard InChI is InChI=1S/C20H34N4O5S2/c1-5-29-19(25)18(23-31(27,28)17-12-21-13-30-17)22-20(26)24(11-10-14(2)3)16-8-6-15(4)7-9-16/h12-16,18,23H,5-11H2,1-4H3,(H,22,26). The molecule has 1 aromatic rings. The van der Waals surface area contributed by atoms with Crippen LogP contribution in [0.25, 0.3) is 0 Å². The molecule has 2 rings (SSSR count). The van der Waals surface area contributed by atoms with Crippen molar-refractivity contribution in [1.29, 1.82) is 0 Å². The van der Waals surface area contributed by atoms with Gasteiger partial charge in [0.15, 0.2) is 10.4 Å². The van der Waals surface area contributed by atoms with E-state index in [4.69, 9.17) is 4.74 Å². The highest BCUT2D eigenvalue weighted by atomic mass is 32.2. The molecule has 176 valence electrons. The molecule has 1 fully saturated rings. The number of carbonyl (C=O) groups is 2. The van der Waals surface area contributed by atoms with E-state index in [-0.39, 0.29) is 16.9 Å². The van der Waals surface area contributed by atoms with Crippen LogP contribution in [0.15, 0.2) is 15.9 Å². The fourth-order valence-corrected chi connectivity index (χ4v) is 5.43. The van der Waals surface area contributed by atoms with E-state index in [9.17, 15) is 18.0 Å². The number of ether oxygens (including phenoxy) is 1. The Kier molecular flexibility index (Phi) is 9.70. The number of hydrogen-bond acceptors (Lipinski definition) is 7. The smallest absolute Gasteiger partial charge is 0.344 e. The first-order valence-corrected chi connectivity index (χ1v) is 13.1. The van der Waals surface area contributed by atoms with E-state index in [2.05, 4.69) is 35.8 Å². The fraction of sp³-hybridized carbons (Fsp3) is 0.750. The Hall–Kier alpha value is -1.72. The quantitative estimate of drug-likeness (QED) is 0.398. The maximum atomic E-state index is 13.2. The van der Waals surface area contributed by atoms with Crippen LogP contribution in [0.5, 0.6) is 0 Å². The number of amides is 2. The minimum absolute atomic E-state index is 0.0472. The van der Waals surface area contributed by atoms with Crippen LogP contribution < -0.4 is 10.0 Å². The van der Waals surface area contributed by atoms with Crippen molar-refractivity contribution in [2.24, 2.45) is 11.8 Å². The van der Waals surface area contributed by atoms with Crippen molar-refractivity contribution < 1.29 is 22.7 Å². The van der Waals surface area contributed by atoms with Crippen molar-refractivity contribution >= 4 is 33.4 Å². The highest BCUT2D eigenvalue weighted by Gasteiger charge is 2.33. The Labute approximate surface area is 189 Å². The summed E-state index contributed by atoms with van der Waals surface area (Å²) in [7, 11) is -4.04. The fourth-order valence-electron chi connectivity index (χ4n) is 3.52. The molecule has 9 nitrogen and oxygen atoms in total. The topological polar surface area (TPSA) is 118 Å². The van der Waals surface area contributed by atoms with E-state index in [1.165, 1.54) is 11.7 Å². The van der Waals surface area contributed by atoms with Crippen LogP contribution in [0, 0.1) is 11.8 Å². The highest BCUT2D eigenvalue weighted by Crippen LogP contribution is 2.27. The average Bonchev–Trinajstić information content (AvgIpc) is 3.24. The Morgan fingerprint density at radius 2 is 1.97 bits per heavy atom. The molecule has 11 heteroatoms. The molecule has 0 radical (unpaired) electrons. The predicted molar refractivity (Wildman–Crippen MR) is 119 cm³/mol. The number of esters is 1. The van der Waals surface area contributed by atoms with Gasteiger partial charge in [0.25, 0.3) is 10.0 Å². The molecule has 31 heavy (non-hydrogen) atoms. The molecule has 2 N–H and O–H groups in total. The molecule has 1 heterocycles. The minimum Gasteiger partial charge on any atom is -0.463 e. The molecule has 1 saturated carbocycles. The second-order valence-corrected chi connectivity index (χ2v) is 11.2. The second-order valence-electron chi connectivity index (χ2n) is 8.37. The lowest BCUT2D eigenvalue weighted by atomic mass is 9.86. The zero-order chi connectivity index (χ0) is 23.0. The number of nitrogens with zero attached hydrogens (tertiary/aromatic N) is 2. The van der Waals surface area contributed by atoms with Gasteiger partial charge in [-0.05, 0) is 50.9 Å². The summed E-state index contributed by atoms with van der Waals surface area (Å²) in [6.07, 6.45) is 4.34. The van der Waals surface area contributed by atoms with Crippen molar-refractivity contribution in [2.75, 3.05) is 13.2 Å².